The molecule has 2 amide bonds. The Kier molecular flexibility index (Phi) is 6.64. The number of anilines is 2. The van der Waals surface area contributed by atoms with Gasteiger partial charge in [0, 0.05) is 61.1 Å². The molecule has 2 N–H and O–H groups in total. The first-order chi connectivity index (χ1) is 18.0. The van der Waals surface area contributed by atoms with E-state index in [4.69, 9.17) is 14.6 Å². The smallest absolute Gasteiger partial charge is 0.304 e. The van der Waals surface area contributed by atoms with Gasteiger partial charge in [0.05, 0.1) is 18.2 Å². The summed E-state index contributed by atoms with van der Waals surface area (Å²) in [6.07, 6.45) is 1.37. The Bertz CT molecular complexity index is 1280. The van der Waals surface area contributed by atoms with Gasteiger partial charge in [0.15, 0.2) is 11.8 Å². The van der Waals surface area contributed by atoms with Gasteiger partial charge in [-0.1, -0.05) is 12.1 Å². The second kappa shape index (κ2) is 9.54. The van der Waals surface area contributed by atoms with Gasteiger partial charge in [-0.3, -0.25) is 24.0 Å². The summed E-state index contributed by atoms with van der Waals surface area (Å²) in [6.45, 7) is 6.77. The van der Waals surface area contributed by atoms with E-state index in [-0.39, 0.29) is 24.8 Å². The quantitative estimate of drug-likeness (QED) is 0.223. The number of carbonyl (C=O) groups is 3. The van der Waals surface area contributed by atoms with Crippen LogP contribution in [0.5, 0.6) is 0 Å². The third-order valence-corrected chi connectivity index (χ3v) is 10.2. The number of aromatic nitrogens is 3. The first kappa shape index (κ1) is 26.4. The van der Waals surface area contributed by atoms with Crippen molar-refractivity contribution in [2.45, 2.75) is 76.2 Å². The number of amides is 2. The number of hydrogen-bond donors (Lipinski definition) is 2. The number of aliphatic hydroxyl groups is 1. The number of halogens is 1. The molecule has 5 atom stereocenters. The van der Waals surface area contributed by atoms with Crippen LogP contribution in [-0.4, -0.2) is 65.2 Å². The SMILES string of the molecule is CC(=O)OC1CC(=O)N1c1ccc2c(c1)[C@@]1(O[C@H](CCn3cc(CCO)nn3)[C@@H]([Si](C)(C)F)[C@@H]1C)C(=O)N2. The average molecular weight is 546 g/mol. The van der Waals surface area contributed by atoms with Gasteiger partial charge in [0.25, 0.3) is 5.91 Å². The van der Waals surface area contributed by atoms with Crippen LogP contribution in [-0.2, 0) is 42.4 Å². The van der Waals surface area contributed by atoms with Crippen molar-refractivity contribution < 1.29 is 33.1 Å². The van der Waals surface area contributed by atoms with Crippen LogP contribution in [0.4, 0.5) is 15.5 Å². The molecule has 0 saturated carbocycles. The number of aliphatic hydroxyl groups excluding tert-OH is 1. The maximum atomic E-state index is 15.8. The summed E-state index contributed by atoms with van der Waals surface area (Å²) in [5.74, 6) is -1.54. The van der Waals surface area contributed by atoms with Crippen molar-refractivity contribution in [2.75, 3.05) is 16.8 Å². The van der Waals surface area contributed by atoms with Gasteiger partial charge in [0.1, 0.15) is 0 Å². The summed E-state index contributed by atoms with van der Waals surface area (Å²) < 4.78 is 29.3. The number of nitrogens with one attached hydrogen (secondary N) is 1. The van der Waals surface area contributed by atoms with Crippen molar-refractivity contribution in [3.8, 4) is 0 Å². The molecule has 11 nitrogen and oxygen atoms in total. The number of carbonyl (C=O) groups excluding carboxylic acids is 3. The van der Waals surface area contributed by atoms with Gasteiger partial charge in [-0.05, 0) is 37.7 Å². The van der Waals surface area contributed by atoms with E-state index < -0.39 is 43.8 Å². The van der Waals surface area contributed by atoms with E-state index in [1.54, 1.807) is 42.2 Å². The molecular formula is C25H32FN5O6Si. The Labute approximate surface area is 220 Å². The highest BCUT2D eigenvalue weighted by Gasteiger charge is 2.65. The fraction of sp³-hybridized carbons (Fsp3) is 0.560. The van der Waals surface area contributed by atoms with Crippen LogP contribution in [0.25, 0.3) is 0 Å². The predicted molar refractivity (Wildman–Crippen MR) is 136 cm³/mol. The van der Waals surface area contributed by atoms with Crippen LogP contribution in [0, 0.1) is 5.92 Å². The van der Waals surface area contributed by atoms with Crippen LogP contribution >= 0.6 is 0 Å². The van der Waals surface area contributed by atoms with Crippen molar-refractivity contribution in [2.24, 2.45) is 5.92 Å². The van der Waals surface area contributed by atoms with E-state index in [0.29, 0.717) is 42.0 Å². The molecule has 204 valence electrons. The molecule has 2 saturated heterocycles. The minimum atomic E-state index is -3.32. The normalized spacial score (nSPS) is 28.4. The third kappa shape index (κ3) is 4.31. The summed E-state index contributed by atoms with van der Waals surface area (Å²) in [6, 6.07) is 5.09. The standard InChI is InChI=1S/C25H32FN5O6Si/c1-14-23(38(3,4)26)20(7-9-30-13-16(8-10-32)28-29-30)37-25(14)18-11-17(5-6-19(18)27-24(25)35)31-21(34)12-22(31)36-15(2)33/h5-6,11,13-14,20,22-23,32H,7-10,12H2,1-4H3,(H,27,35)/t14-,20+,22?,23-,25+/m0/s1. The molecule has 1 unspecified atom stereocenters. The topological polar surface area (TPSA) is 136 Å². The zero-order valence-corrected chi connectivity index (χ0v) is 22.8. The van der Waals surface area contributed by atoms with E-state index in [0.717, 1.165) is 0 Å². The molecule has 3 aliphatic rings. The number of benzene rings is 1. The van der Waals surface area contributed by atoms with Crippen molar-refractivity contribution in [3.63, 3.8) is 0 Å². The number of esters is 1. The lowest BCUT2D eigenvalue weighted by atomic mass is 9.82. The van der Waals surface area contributed by atoms with E-state index in [1.807, 2.05) is 6.92 Å². The first-order valence-corrected chi connectivity index (χ1v) is 15.7. The summed E-state index contributed by atoms with van der Waals surface area (Å²) in [4.78, 5) is 38.8. The average Bonchev–Trinajstić information content (AvgIpc) is 3.47. The van der Waals surface area contributed by atoms with Crippen LogP contribution in [0.15, 0.2) is 24.4 Å². The van der Waals surface area contributed by atoms with E-state index >= 15 is 4.11 Å². The minimum absolute atomic E-state index is 0.0324. The Morgan fingerprint density at radius 2 is 2.13 bits per heavy atom. The molecule has 0 bridgehead atoms. The Balaban J connectivity index is 1.46. The van der Waals surface area contributed by atoms with Gasteiger partial charge in [-0.2, -0.15) is 0 Å². The fourth-order valence-electron chi connectivity index (χ4n) is 6.19. The highest BCUT2D eigenvalue weighted by molar-refractivity contribution is 6.72. The number of nitrogens with zero attached hydrogens (tertiary/aromatic N) is 4. The van der Waals surface area contributed by atoms with Crippen molar-refractivity contribution in [1.29, 1.82) is 0 Å². The van der Waals surface area contributed by atoms with Gasteiger partial charge in [-0.15, -0.1) is 5.10 Å². The summed E-state index contributed by atoms with van der Waals surface area (Å²) in [5.41, 5.74) is 0.324. The van der Waals surface area contributed by atoms with Crippen LogP contribution < -0.4 is 10.2 Å². The molecule has 4 heterocycles. The first-order valence-electron chi connectivity index (χ1n) is 12.8. The summed E-state index contributed by atoms with van der Waals surface area (Å²) >= 11 is 0. The van der Waals surface area contributed by atoms with Crippen LogP contribution in [0.1, 0.15) is 37.9 Å². The molecule has 13 heteroatoms. The zero-order valence-electron chi connectivity index (χ0n) is 21.8. The maximum absolute atomic E-state index is 15.8. The molecule has 0 radical (unpaired) electrons. The molecule has 5 rings (SSSR count). The number of hydrogen-bond acceptors (Lipinski definition) is 8. The zero-order chi connectivity index (χ0) is 27.4. The highest BCUT2D eigenvalue weighted by Crippen LogP contribution is 2.59. The molecule has 1 spiro atoms. The summed E-state index contributed by atoms with van der Waals surface area (Å²) in [7, 11) is -3.32. The van der Waals surface area contributed by atoms with Gasteiger partial charge >= 0.3 is 5.97 Å². The lowest BCUT2D eigenvalue weighted by Gasteiger charge is -2.39. The molecule has 1 aromatic carbocycles. The van der Waals surface area contributed by atoms with Crippen LogP contribution in [0.2, 0.25) is 18.6 Å². The molecule has 0 aliphatic carbocycles. The Hall–Kier alpha value is -3.16. The minimum Gasteiger partial charge on any atom is -0.441 e. The Morgan fingerprint density at radius 3 is 2.79 bits per heavy atom. The largest absolute Gasteiger partial charge is 0.441 e. The number of fused-ring (bicyclic) bond motifs is 2. The van der Waals surface area contributed by atoms with E-state index in [1.165, 1.54) is 11.8 Å². The van der Waals surface area contributed by atoms with Crippen molar-refractivity contribution >= 4 is 37.6 Å². The molecule has 1 aromatic heterocycles. The van der Waals surface area contributed by atoms with Gasteiger partial charge < -0.3 is 24.0 Å². The van der Waals surface area contributed by atoms with Gasteiger partial charge in [-0.25, -0.2) is 0 Å². The number of ether oxygens (including phenoxy) is 2. The van der Waals surface area contributed by atoms with Crippen molar-refractivity contribution in [3.05, 3.63) is 35.7 Å². The number of β-lactam (4-membered cyclic amide) rings is 1. The molecule has 2 fully saturated rings. The lowest BCUT2D eigenvalue weighted by molar-refractivity contribution is -0.153. The second-order valence-corrected chi connectivity index (χ2v) is 14.5. The van der Waals surface area contributed by atoms with Gasteiger partial charge in [0.2, 0.25) is 14.3 Å². The Morgan fingerprint density at radius 1 is 1.37 bits per heavy atom. The maximum Gasteiger partial charge on any atom is 0.304 e. The van der Waals surface area contributed by atoms with Crippen LogP contribution in [0.3, 0.4) is 0 Å². The third-order valence-electron chi connectivity index (χ3n) is 7.78. The fourth-order valence-corrected chi connectivity index (χ4v) is 8.74. The highest BCUT2D eigenvalue weighted by atomic mass is 28.4. The molecule has 38 heavy (non-hydrogen) atoms. The molecule has 3 aliphatic heterocycles. The number of aryl methyl sites for hydroxylation is 1. The van der Waals surface area contributed by atoms with Crippen molar-refractivity contribution in [1.82, 2.24) is 15.0 Å². The molecular weight excluding hydrogens is 513 g/mol. The predicted octanol–water partition coefficient (Wildman–Crippen LogP) is 2.26. The second-order valence-electron chi connectivity index (χ2n) is 10.7. The lowest BCUT2D eigenvalue weighted by Crippen LogP contribution is -2.55. The summed E-state index contributed by atoms with van der Waals surface area (Å²) in [5, 5.41) is 20.1. The molecule has 2 aromatic rings. The monoisotopic (exact) mass is 545 g/mol. The van der Waals surface area contributed by atoms with E-state index in [2.05, 4.69) is 15.6 Å². The van der Waals surface area contributed by atoms with E-state index in [9.17, 15) is 14.4 Å². The number of rotatable bonds is 8.